The Bertz CT molecular complexity index is 1450. The number of aryl methyl sites for hydroxylation is 1. The molecule has 196 valence electrons. The van der Waals surface area contributed by atoms with E-state index in [1.807, 2.05) is 31.2 Å². The van der Waals surface area contributed by atoms with Crippen LogP contribution in [0.25, 0.3) is 11.3 Å². The number of benzene rings is 2. The Hall–Kier alpha value is -4.32. The predicted molar refractivity (Wildman–Crippen MR) is 135 cm³/mol. The zero-order chi connectivity index (χ0) is 27.2. The van der Waals surface area contributed by atoms with Crippen LogP contribution in [-0.2, 0) is 11.3 Å². The summed E-state index contributed by atoms with van der Waals surface area (Å²) in [5.74, 6) is -4.37. The van der Waals surface area contributed by atoms with Gasteiger partial charge in [-0.15, -0.1) is 0 Å². The van der Waals surface area contributed by atoms with E-state index in [2.05, 4.69) is 31.2 Å². The van der Waals surface area contributed by atoms with Gasteiger partial charge in [0.25, 0.3) is 5.91 Å². The van der Waals surface area contributed by atoms with Crippen LogP contribution in [0.15, 0.2) is 69.9 Å². The van der Waals surface area contributed by atoms with Crippen LogP contribution >= 0.6 is 15.9 Å². The topological polar surface area (TPSA) is 130 Å². The van der Waals surface area contributed by atoms with Gasteiger partial charge in [0.15, 0.2) is 16.2 Å². The molecular formula is C26H21BrF2N4O5. The van der Waals surface area contributed by atoms with Crippen molar-refractivity contribution in [3.8, 4) is 17.0 Å². The van der Waals surface area contributed by atoms with Crippen molar-refractivity contribution >= 4 is 27.9 Å². The Morgan fingerprint density at radius 3 is 2.58 bits per heavy atom. The fourth-order valence-corrected chi connectivity index (χ4v) is 3.85. The van der Waals surface area contributed by atoms with Gasteiger partial charge in [0.05, 0.1) is 12.2 Å². The lowest BCUT2D eigenvalue weighted by atomic mass is 10.1. The molecule has 12 heteroatoms. The highest BCUT2D eigenvalue weighted by atomic mass is 79.9. The van der Waals surface area contributed by atoms with E-state index in [0.29, 0.717) is 17.0 Å². The molecule has 0 radical (unpaired) electrons. The summed E-state index contributed by atoms with van der Waals surface area (Å²) in [7, 11) is 0. The summed E-state index contributed by atoms with van der Waals surface area (Å²) < 4.78 is 45.8. The van der Waals surface area contributed by atoms with E-state index in [1.165, 1.54) is 0 Å². The van der Waals surface area contributed by atoms with Gasteiger partial charge in [-0.05, 0) is 47.1 Å². The Kier molecular flexibility index (Phi) is 8.31. The number of nitrogens with two attached hydrogens (primary N) is 1. The third kappa shape index (κ3) is 6.32. The summed E-state index contributed by atoms with van der Waals surface area (Å²) in [5.41, 5.74) is 6.92. The molecule has 2 aromatic heterocycles. The summed E-state index contributed by atoms with van der Waals surface area (Å²) in [4.78, 5) is 32.4. The van der Waals surface area contributed by atoms with Gasteiger partial charge in [0.1, 0.15) is 23.7 Å². The van der Waals surface area contributed by atoms with Crippen molar-refractivity contribution < 1.29 is 32.3 Å². The number of oxazole rings is 1. The fourth-order valence-electron chi connectivity index (χ4n) is 3.37. The highest BCUT2D eigenvalue weighted by Gasteiger charge is 2.28. The van der Waals surface area contributed by atoms with Crippen LogP contribution in [0, 0.1) is 18.6 Å². The van der Waals surface area contributed by atoms with Crippen LogP contribution in [-0.4, -0.2) is 28.6 Å². The molecule has 2 amide bonds. The molecule has 2 heterocycles. The number of hydrogen-bond acceptors (Lipinski definition) is 7. The SMILES string of the molecule is Cc1ccc(-c2nc(C(COC(=O)NCc3ccccn3)Oc3ccc(F)c(C(N)=O)c3F)oc2Br)cc1. The van der Waals surface area contributed by atoms with Crippen molar-refractivity contribution in [1.29, 1.82) is 0 Å². The summed E-state index contributed by atoms with van der Waals surface area (Å²) in [6.07, 6.45) is -0.520. The van der Waals surface area contributed by atoms with E-state index >= 15 is 0 Å². The van der Waals surface area contributed by atoms with Crippen molar-refractivity contribution in [1.82, 2.24) is 15.3 Å². The normalized spacial score (nSPS) is 11.6. The first kappa shape index (κ1) is 26.7. The van der Waals surface area contributed by atoms with Gasteiger partial charge in [-0.1, -0.05) is 35.9 Å². The Morgan fingerprint density at radius 2 is 1.89 bits per heavy atom. The number of rotatable bonds is 9. The highest BCUT2D eigenvalue weighted by molar-refractivity contribution is 9.10. The monoisotopic (exact) mass is 586 g/mol. The van der Waals surface area contributed by atoms with Crippen LogP contribution in [0.2, 0.25) is 0 Å². The number of alkyl carbamates (subject to hydrolysis) is 1. The second kappa shape index (κ2) is 11.8. The molecule has 3 N–H and O–H groups in total. The van der Waals surface area contributed by atoms with Crippen LogP contribution in [0.4, 0.5) is 13.6 Å². The molecular weight excluding hydrogens is 566 g/mol. The highest BCUT2D eigenvalue weighted by Crippen LogP contribution is 2.34. The minimum absolute atomic E-state index is 0.0747. The standard InChI is InChI=1S/C26H21BrF2N4O5/c1-14-5-7-15(8-6-14)22-23(27)38-25(33-22)19(13-36-26(35)32-12-16-4-2-3-11-31-16)37-18-10-9-17(28)20(21(18)29)24(30)34/h2-11,19H,12-13H2,1H3,(H2,30,34)(H,32,35). The predicted octanol–water partition coefficient (Wildman–Crippen LogP) is 5.23. The fraction of sp³-hybridized carbons (Fsp3) is 0.154. The van der Waals surface area contributed by atoms with E-state index in [4.69, 9.17) is 19.6 Å². The Morgan fingerprint density at radius 1 is 1.13 bits per heavy atom. The maximum absolute atomic E-state index is 14.9. The van der Waals surface area contributed by atoms with Crippen molar-refractivity contribution in [2.45, 2.75) is 19.6 Å². The number of primary amides is 1. The van der Waals surface area contributed by atoms with Crippen molar-refractivity contribution in [3.63, 3.8) is 0 Å². The molecule has 38 heavy (non-hydrogen) atoms. The van der Waals surface area contributed by atoms with E-state index in [1.54, 1.807) is 24.4 Å². The number of nitrogens with zero attached hydrogens (tertiary/aromatic N) is 2. The number of aromatic nitrogens is 2. The number of amides is 2. The first-order valence-electron chi connectivity index (χ1n) is 11.2. The van der Waals surface area contributed by atoms with Crippen molar-refractivity contribution in [2.75, 3.05) is 6.61 Å². The molecule has 0 saturated heterocycles. The van der Waals surface area contributed by atoms with E-state index in [-0.39, 0.29) is 17.1 Å². The molecule has 1 atom stereocenters. The average Bonchev–Trinajstić information content (AvgIpc) is 3.28. The molecule has 4 aromatic rings. The quantitative estimate of drug-likeness (QED) is 0.274. The summed E-state index contributed by atoms with van der Waals surface area (Å²) in [5, 5.41) is 2.54. The molecule has 0 fully saturated rings. The minimum atomic E-state index is -1.31. The summed E-state index contributed by atoms with van der Waals surface area (Å²) >= 11 is 3.31. The maximum Gasteiger partial charge on any atom is 0.407 e. The van der Waals surface area contributed by atoms with Crippen LogP contribution in [0.1, 0.15) is 33.6 Å². The lowest BCUT2D eigenvalue weighted by molar-refractivity contribution is 0.0644. The van der Waals surface area contributed by atoms with E-state index < -0.39 is 47.7 Å². The van der Waals surface area contributed by atoms with Crippen LogP contribution in [0.3, 0.4) is 0 Å². The lowest BCUT2D eigenvalue weighted by Gasteiger charge is -2.18. The minimum Gasteiger partial charge on any atom is -0.474 e. The molecule has 9 nitrogen and oxygen atoms in total. The largest absolute Gasteiger partial charge is 0.474 e. The zero-order valence-electron chi connectivity index (χ0n) is 19.9. The molecule has 0 aliphatic heterocycles. The molecule has 0 aliphatic rings. The Labute approximate surface area is 224 Å². The molecule has 0 bridgehead atoms. The molecule has 0 saturated carbocycles. The van der Waals surface area contributed by atoms with Gasteiger partial charge in [-0.25, -0.2) is 18.6 Å². The van der Waals surface area contributed by atoms with E-state index in [0.717, 1.165) is 17.7 Å². The smallest absolute Gasteiger partial charge is 0.407 e. The number of carbonyl (C=O) groups excluding carboxylic acids is 2. The second-order valence-electron chi connectivity index (χ2n) is 8.02. The lowest BCUT2D eigenvalue weighted by Crippen LogP contribution is -2.27. The van der Waals surface area contributed by atoms with Gasteiger partial charge in [0, 0.05) is 11.8 Å². The number of carbonyl (C=O) groups is 2. The van der Waals surface area contributed by atoms with Gasteiger partial charge >= 0.3 is 6.09 Å². The summed E-state index contributed by atoms with van der Waals surface area (Å²) in [6, 6.07) is 14.5. The molecule has 1 unspecified atom stereocenters. The number of halogens is 3. The molecule has 4 rings (SSSR count). The number of ether oxygens (including phenoxy) is 2. The molecule has 0 aliphatic carbocycles. The van der Waals surface area contributed by atoms with Gasteiger partial charge in [-0.3, -0.25) is 9.78 Å². The first-order valence-corrected chi connectivity index (χ1v) is 12.0. The van der Waals surface area contributed by atoms with Crippen LogP contribution < -0.4 is 15.8 Å². The zero-order valence-corrected chi connectivity index (χ0v) is 21.5. The van der Waals surface area contributed by atoms with Crippen LogP contribution in [0.5, 0.6) is 5.75 Å². The number of nitrogens with one attached hydrogen (secondary N) is 1. The van der Waals surface area contributed by atoms with Gasteiger partial charge < -0.3 is 24.9 Å². The average molecular weight is 587 g/mol. The summed E-state index contributed by atoms with van der Waals surface area (Å²) in [6.45, 7) is 1.56. The molecule has 2 aromatic carbocycles. The molecule has 0 spiro atoms. The maximum atomic E-state index is 14.9. The first-order chi connectivity index (χ1) is 18.2. The number of hydrogen-bond donors (Lipinski definition) is 2. The van der Waals surface area contributed by atoms with Crippen molar-refractivity contribution in [2.24, 2.45) is 5.73 Å². The van der Waals surface area contributed by atoms with Gasteiger partial charge in [0.2, 0.25) is 12.0 Å². The Balaban J connectivity index is 1.59. The number of pyridine rings is 1. The van der Waals surface area contributed by atoms with Gasteiger partial charge in [-0.2, -0.15) is 0 Å². The third-order valence-corrected chi connectivity index (χ3v) is 5.82. The van der Waals surface area contributed by atoms with Crippen molar-refractivity contribution in [3.05, 3.63) is 99.8 Å². The third-order valence-electron chi connectivity index (χ3n) is 5.28. The van der Waals surface area contributed by atoms with E-state index in [9.17, 15) is 18.4 Å². The second-order valence-corrected chi connectivity index (χ2v) is 8.74.